The fourth-order valence-corrected chi connectivity index (χ4v) is 4.26. The van der Waals surface area contributed by atoms with Gasteiger partial charge in [-0.3, -0.25) is 14.5 Å². The van der Waals surface area contributed by atoms with E-state index in [1.54, 1.807) is 10.9 Å². The van der Waals surface area contributed by atoms with Crippen molar-refractivity contribution in [2.24, 2.45) is 11.3 Å². The average molecular weight is 521 g/mol. The summed E-state index contributed by atoms with van der Waals surface area (Å²) in [5.74, 6) is -0.0255. The van der Waals surface area contributed by atoms with Gasteiger partial charge in [0.25, 0.3) is 11.8 Å². The standard InChI is InChI=1S/C25H40N6O6/c1-25(2,3)20-6-9-29(10-7-20)24(34)26-8-12-35-14-16-37-17-15-36-13-11-30-18-21(27-28-30)19-31-22(32)4-5-23(31)33/h4-5,18,20H,6-17,19H2,1-3H3,(H,26,34). The number of amides is 4. The van der Waals surface area contributed by atoms with Crippen LogP contribution in [0.2, 0.25) is 0 Å². The maximum Gasteiger partial charge on any atom is 0.317 e. The van der Waals surface area contributed by atoms with Crippen molar-refractivity contribution < 1.29 is 28.6 Å². The Balaban J connectivity index is 1.11. The summed E-state index contributed by atoms with van der Waals surface area (Å²) in [5.41, 5.74) is 0.835. The number of carbonyl (C=O) groups excluding carboxylic acids is 3. The molecule has 2 aliphatic heterocycles. The maximum atomic E-state index is 12.3. The van der Waals surface area contributed by atoms with Crippen LogP contribution in [0.1, 0.15) is 39.3 Å². The summed E-state index contributed by atoms with van der Waals surface area (Å²) in [6.45, 7) is 12.2. The fraction of sp³-hybridized carbons (Fsp3) is 0.720. The van der Waals surface area contributed by atoms with Gasteiger partial charge in [-0.2, -0.15) is 0 Å². The number of hydrogen-bond acceptors (Lipinski definition) is 8. The monoisotopic (exact) mass is 520 g/mol. The summed E-state index contributed by atoms with van der Waals surface area (Å²) in [5, 5.41) is 10.9. The number of urea groups is 1. The highest BCUT2D eigenvalue weighted by Crippen LogP contribution is 2.34. The average Bonchev–Trinajstić information content (AvgIpc) is 3.45. The Morgan fingerprint density at radius 1 is 0.973 bits per heavy atom. The van der Waals surface area contributed by atoms with E-state index in [0.717, 1.165) is 30.8 Å². The molecule has 0 saturated carbocycles. The number of aromatic nitrogens is 3. The van der Waals surface area contributed by atoms with Crippen LogP contribution in [0, 0.1) is 11.3 Å². The van der Waals surface area contributed by atoms with E-state index >= 15 is 0 Å². The van der Waals surface area contributed by atoms with Gasteiger partial charge in [-0.25, -0.2) is 9.48 Å². The number of carbonyl (C=O) groups is 3. The molecule has 0 aromatic carbocycles. The maximum absolute atomic E-state index is 12.3. The Morgan fingerprint density at radius 3 is 2.19 bits per heavy atom. The number of nitrogens with one attached hydrogen (secondary N) is 1. The molecule has 3 heterocycles. The smallest absolute Gasteiger partial charge is 0.317 e. The van der Waals surface area contributed by atoms with E-state index < -0.39 is 0 Å². The van der Waals surface area contributed by atoms with Crippen LogP contribution in [-0.2, 0) is 36.9 Å². The zero-order valence-corrected chi connectivity index (χ0v) is 22.2. The van der Waals surface area contributed by atoms with Crippen molar-refractivity contribution in [1.82, 2.24) is 30.1 Å². The summed E-state index contributed by atoms with van der Waals surface area (Å²) in [6, 6.07) is -0.0134. The molecule has 37 heavy (non-hydrogen) atoms. The molecule has 0 radical (unpaired) electrons. The second-order valence-corrected chi connectivity index (χ2v) is 10.3. The molecule has 3 rings (SSSR count). The van der Waals surface area contributed by atoms with E-state index in [4.69, 9.17) is 14.2 Å². The van der Waals surface area contributed by atoms with Crippen LogP contribution in [0.15, 0.2) is 18.3 Å². The molecule has 1 fully saturated rings. The van der Waals surface area contributed by atoms with Gasteiger partial charge in [-0.15, -0.1) is 5.10 Å². The van der Waals surface area contributed by atoms with Gasteiger partial charge in [-0.1, -0.05) is 26.0 Å². The molecule has 1 N–H and O–H groups in total. The highest BCUT2D eigenvalue weighted by molar-refractivity contribution is 6.12. The normalized spacial score (nSPS) is 16.7. The minimum Gasteiger partial charge on any atom is -0.377 e. The number of imide groups is 1. The number of ether oxygens (including phenoxy) is 3. The number of piperidine rings is 1. The molecule has 4 amide bonds. The molecule has 1 aromatic heterocycles. The first-order chi connectivity index (χ1) is 17.7. The van der Waals surface area contributed by atoms with Gasteiger partial charge >= 0.3 is 6.03 Å². The molecule has 0 unspecified atom stereocenters. The van der Waals surface area contributed by atoms with E-state index in [9.17, 15) is 14.4 Å². The molecule has 1 saturated heterocycles. The molecule has 0 spiro atoms. The number of hydrogen-bond donors (Lipinski definition) is 1. The molecule has 0 aliphatic carbocycles. The lowest BCUT2D eigenvalue weighted by atomic mass is 9.75. The summed E-state index contributed by atoms with van der Waals surface area (Å²) in [6.07, 6.45) is 6.28. The molecule has 12 nitrogen and oxygen atoms in total. The minimum atomic E-state index is -0.345. The van der Waals surface area contributed by atoms with Crippen LogP contribution in [0.4, 0.5) is 4.79 Å². The Morgan fingerprint density at radius 2 is 1.57 bits per heavy atom. The summed E-state index contributed by atoms with van der Waals surface area (Å²) >= 11 is 0. The first-order valence-electron chi connectivity index (χ1n) is 12.9. The molecule has 0 bridgehead atoms. The number of likely N-dealkylation sites (tertiary alicyclic amines) is 1. The van der Waals surface area contributed by atoms with Crippen LogP contribution < -0.4 is 5.32 Å². The van der Waals surface area contributed by atoms with Crippen LogP contribution >= 0.6 is 0 Å². The topological polar surface area (TPSA) is 128 Å². The highest BCUT2D eigenvalue weighted by atomic mass is 16.5. The molecule has 206 valence electrons. The number of nitrogens with zero attached hydrogens (tertiary/aromatic N) is 5. The summed E-state index contributed by atoms with van der Waals surface area (Å²) < 4.78 is 18.1. The third-order valence-corrected chi connectivity index (χ3v) is 6.55. The molecular formula is C25H40N6O6. The predicted octanol–water partition coefficient (Wildman–Crippen LogP) is 1.22. The fourth-order valence-electron chi connectivity index (χ4n) is 4.26. The predicted molar refractivity (Wildman–Crippen MR) is 134 cm³/mol. The Labute approximate surface area is 218 Å². The first-order valence-corrected chi connectivity index (χ1v) is 12.9. The van der Waals surface area contributed by atoms with Gasteiger partial charge in [0.2, 0.25) is 0 Å². The zero-order valence-electron chi connectivity index (χ0n) is 22.2. The summed E-state index contributed by atoms with van der Waals surface area (Å²) in [7, 11) is 0. The van der Waals surface area contributed by atoms with Crippen molar-refractivity contribution in [3.63, 3.8) is 0 Å². The van der Waals surface area contributed by atoms with Crippen LogP contribution in [0.3, 0.4) is 0 Å². The second-order valence-electron chi connectivity index (χ2n) is 10.3. The summed E-state index contributed by atoms with van der Waals surface area (Å²) in [4.78, 5) is 38.5. The zero-order chi connectivity index (χ0) is 26.7. The van der Waals surface area contributed by atoms with Crippen LogP contribution in [0.5, 0.6) is 0 Å². The third kappa shape index (κ3) is 9.52. The van der Waals surface area contributed by atoms with Crippen molar-refractivity contribution in [2.75, 3.05) is 59.3 Å². The van der Waals surface area contributed by atoms with Crippen molar-refractivity contribution in [3.8, 4) is 0 Å². The van der Waals surface area contributed by atoms with E-state index in [0.29, 0.717) is 69.8 Å². The SMILES string of the molecule is CC(C)(C)C1CCN(C(=O)NCCOCCOCCOCCn2cc(CN3C(=O)C=CC3=O)nn2)CC1. The van der Waals surface area contributed by atoms with E-state index in [2.05, 4.69) is 36.4 Å². The van der Waals surface area contributed by atoms with Gasteiger partial charge in [0, 0.05) is 31.8 Å². The lowest BCUT2D eigenvalue weighted by Crippen LogP contribution is -2.46. The minimum absolute atomic E-state index is 0.0134. The van der Waals surface area contributed by atoms with Crippen LogP contribution in [-0.4, -0.2) is 102 Å². The van der Waals surface area contributed by atoms with Crippen molar-refractivity contribution in [2.45, 2.75) is 46.7 Å². The Hall–Kier alpha value is -2.83. The molecule has 0 atom stereocenters. The lowest BCUT2D eigenvalue weighted by molar-refractivity contribution is -0.137. The van der Waals surface area contributed by atoms with Gasteiger partial charge in [0.1, 0.15) is 5.69 Å². The number of rotatable bonds is 14. The van der Waals surface area contributed by atoms with Gasteiger partial charge < -0.3 is 24.4 Å². The Bertz CT molecular complexity index is 901. The molecule has 1 aromatic rings. The van der Waals surface area contributed by atoms with E-state index in [1.165, 1.54) is 12.2 Å². The van der Waals surface area contributed by atoms with Crippen molar-refractivity contribution >= 4 is 17.8 Å². The largest absolute Gasteiger partial charge is 0.377 e. The van der Waals surface area contributed by atoms with E-state index in [-0.39, 0.29) is 24.4 Å². The van der Waals surface area contributed by atoms with Crippen molar-refractivity contribution in [3.05, 3.63) is 24.0 Å². The lowest BCUT2D eigenvalue weighted by Gasteiger charge is -2.38. The highest BCUT2D eigenvalue weighted by Gasteiger charge is 2.30. The van der Waals surface area contributed by atoms with Gasteiger partial charge in [0.15, 0.2) is 0 Å². The third-order valence-electron chi connectivity index (χ3n) is 6.55. The second kappa shape index (κ2) is 14.2. The molecule has 2 aliphatic rings. The quantitative estimate of drug-likeness (QED) is 0.287. The van der Waals surface area contributed by atoms with E-state index in [1.807, 2.05) is 4.90 Å². The molecule has 12 heteroatoms. The van der Waals surface area contributed by atoms with Crippen molar-refractivity contribution in [1.29, 1.82) is 0 Å². The molecular weight excluding hydrogens is 480 g/mol. The Kier molecular flexibility index (Phi) is 11.0. The van der Waals surface area contributed by atoms with Gasteiger partial charge in [0.05, 0.1) is 58.9 Å². The first kappa shape index (κ1) is 28.7. The van der Waals surface area contributed by atoms with Gasteiger partial charge in [-0.05, 0) is 24.2 Å². The van der Waals surface area contributed by atoms with Crippen LogP contribution in [0.25, 0.3) is 0 Å².